The largest absolute Gasteiger partial charge is 0.493 e. The van der Waals surface area contributed by atoms with E-state index in [9.17, 15) is 13.2 Å². The van der Waals surface area contributed by atoms with Gasteiger partial charge in [-0.3, -0.25) is 0 Å². The van der Waals surface area contributed by atoms with E-state index in [0.29, 0.717) is 31.3 Å². The van der Waals surface area contributed by atoms with E-state index in [-0.39, 0.29) is 10.6 Å². The fourth-order valence-electron chi connectivity index (χ4n) is 2.65. The van der Waals surface area contributed by atoms with Gasteiger partial charge in [0.15, 0.2) is 15.5 Å². The van der Waals surface area contributed by atoms with E-state index in [0.717, 1.165) is 17.7 Å². The first-order valence-corrected chi connectivity index (χ1v) is 11.0. The average Bonchev–Trinajstić information content (AvgIpc) is 3.48. The number of carbonyl (C=O) groups is 1. The molecule has 0 unspecified atom stereocenters. The maximum atomic E-state index is 11.9. The second kappa shape index (κ2) is 8.55. The molecule has 28 heavy (non-hydrogen) atoms. The van der Waals surface area contributed by atoms with E-state index in [4.69, 9.17) is 9.84 Å². The summed E-state index contributed by atoms with van der Waals surface area (Å²) in [6.07, 6.45) is 4.91. The third-order valence-electron chi connectivity index (χ3n) is 4.44. The third-order valence-corrected chi connectivity index (χ3v) is 5.55. The minimum atomic E-state index is -3.28. The molecule has 0 saturated heterocycles. The van der Waals surface area contributed by atoms with Crippen molar-refractivity contribution in [3.05, 3.63) is 41.6 Å². The normalized spacial score (nSPS) is 13.9. The summed E-state index contributed by atoms with van der Waals surface area (Å²) >= 11 is 0. The Morgan fingerprint density at radius 2 is 2.04 bits per heavy atom. The van der Waals surface area contributed by atoms with Crippen LogP contribution in [-0.2, 0) is 16.3 Å². The summed E-state index contributed by atoms with van der Waals surface area (Å²) in [7, 11) is -3.28. The molecule has 0 aliphatic heterocycles. The number of aromatic carboxylic acids is 1. The number of rotatable bonds is 10. The molecule has 0 bridgehead atoms. The monoisotopic (exact) mass is 405 g/mol. The molecule has 3 rings (SSSR count). The lowest BCUT2D eigenvalue weighted by Gasteiger charge is -2.13. The van der Waals surface area contributed by atoms with Crippen LogP contribution in [0.15, 0.2) is 35.2 Å². The highest BCUT2D eigenvalue weighted by atomic mass is 32.2. The van der Waals surface area contributed by atoms with Gasteiger partial charge in [-0.15, -0.1) is 10.2 Å². The number of hydrogen-bond donors (Lipinski definition) is 2. The number of sulfone groups is 1. The molecule has 1 aliphatic rings. The van der Waals surface area contributed by atoms with Gasteiger partial charge in [0.1, 0.15) is 11.6 Å². The number of carboxylic acid groups (broad SMARTS) is 1. The zero-order valence-electron chi connectivity index (χ0n) is 15.6. The Bertz CT molecular complexity index is 941. The Morgan fingerprint density at radius 1 is 1.25 bits per heavy atom. The predicted octanol–water partition coefficient (Wildman–Crippen LogP) is 2.41. The predicted molar refractivity (Wildman–Crippen MR) is 104 cm³/mol. The molecule has 0 radical (unpaired) electrons. The van der Waals surface area contributed by atoms with E-state index in [1.807, 2.05) is 0 Å². The van der Waals surface area contributed by atoms with Crippen molar-refractivity contribution in [3.8, 4) is 5.75 Å². The van der Waals surface area contributed by atoms with E-state index in [1.54, 1.807) is 24.3 Å². The molecule has 0 atom stereocenters. The molecule has 0 spiro atoms. The van der Waals surface area contributed by atoms with Crippen molar-refractivity contribution in [3.63, 3.8) is 0 Å². The minimum absolute atomic E-state index is 0.111. The van der Waals surface area contributed by atoms with Crippen LogP contribution in [0.2, 0.25) is 0 Å². The van der Waals surface area contributed by atoms with Crippen molar-refractivity contribution in [1.82, 2.24) is 10.2 Å². The molecule has 1 saturated carbocycles. The molecule has 1 aliphatic carbocycles. The van der Waals surface area contributed by atoms with Crippen molar-refractivity contribution in [2.75, 3.05) is 24.7 Å². The first kappa shape index (κ1) is 20.1. The summed E-state index contributed by atoms with van der Waals surface area (Å²) in [5.41, 5.74) is 0.748. The topological polar surface area (TPSA) is 118 Å². The summed E-state index contributed by atoms with van der Waals surface area (Å²) in [4.78, 5) is 11.1. The fourth-order valence-corrected chi connectivity index (χ4v) is 3.32. The summed E-state index contributed by atoms with van der Waals surface area (Å²) in [5, 5.41) is 19.3. The molecule has 8 nitrogen and oxygen atoms in total. The van der Waals surface area contributed by atoms with Gasteiger partial charge in [0.05, 0.1) is 11.5 Å². The molecule has 0 amide bonds. The van der Waals surface area contributed by atoms with Gasteiger partial charge in [0, 0.05) is 12.8 Å². The van der Waals surface area contributed by atoms with Gasteiger partial charge in [-0.25, -0.2) is 13.2 Å². The number of hydrogen-bond acceptors (Lipinski definition) is 7. The molecule has 1 heterocycles. The quantitative estimate of drug-likeness (QED) is 0.579. The molecule has 2 N–H and O–H groups in total. The highest BCUT2D eigenvalue weighted by Crippen LogP contribution is 2.31. The van der Waals surface area contributed by atoms with E-state index in [2.05, 4.69) is 15.5 Å². The smallest absolute Gasteiger partial charge is 0.356 e. The van der Waals surface area contributed by atoms with Gasteiger partial charge in [-0.1, -0.05) is 0 Å². The van der Waals surface area contributed by atoms with Crippen molar-refractivity contribution < 1.29 is 23.1 Å². The van der Waals surface area contributed by atoms with Crippen molar-refractivity contribution in [2.45, 2.75) is 30.6 Å². The van der Waals surface area contributed by atoms with Crippen LogP contribution in [0.3, 0.4) is 0 Å². The maximum Gasteiger partial charge on any atom is 0.356 e. The Morgan fingerprint density at radius 3 is 2.64 bits per heavy atom. The molecule has 150 valence electrons. The number of ether oxygens (including phenoxy) is 1. The minimum Gasteiger partial charge on any atom is -0.493 e. The molecule has 9 heteroatoms. The summed E-state index contributed by atoms with van der Waals surface area (Å²) < 4.78 is 29.6. The number of carboxylic acids is 1. The van der Waals surface area contributed by atoms with Gasteiger partial charge in [0.25, 0.3) is 0 Å². The SMILES string of the molecule is CS(=O)(=O)c1ccc(OCC2CC2)c(CCCNc2ccc(C(=O)O)nn2)c1. The molecule has 2 aromatic rings. The van der Waals surface area contributed by atoms with E-state index >= 15 is 0 Å². The average molecular weight is 405 g/mol. The Balaban J connectivity index is 1.59. The van der Waals surface area contributed by atoms with Crippen LogP contribution in [0.4, 0.5) is 5.82 Å². The van der Waals surface area contributed by atoms with Crippen molar-refractivity contribution in [1.29, 1.82) is 0 Å². The van der Waals surface area contributed by atoms with Crippen LogP contribution in [0.25, 0.3) is 0 Å². The second-order valence-electron chi connectivity index (χ2n) is 6.94. The van der Waals surface area contributed by atoms with Gasteiger partial charge in [0.2, 0.25) is 0 Å². The summed E-state index contributed by atoms with van der Waals surface area (Å²) in [6, 6.07) is 7.94. The Kier molecular flexibility index (Phi) is 6.13. The standard InChI is InChI=1S/C19H23N3O5S/c1-28(25,26)15-6-8-17(27-12-13-4-5-13)14(11-15)3-2-10-20-18-9-7-16(19(23)24)21-22-18/h6-9,11,13H,2-5,10,12H2,1H3,(H,20,22)(H,23,24). The van der Waals surface area contributed by atoms with E-state index < -0.39 is 15.8 Å². The maximum absolute atomic E-state index is 11.9. The summed E-state index contributed by atoms with van der Waals surface area (Å²) in [6.45, 7) is 1.24. The number of aryl methyl sites for hydroxylation is 1. The second-order valence-corrected chi connectivity index (χ2v) is 8.95. The lowest BCUT2D eigenvalue weighted by molar-refractivity contribution is 0.0689. The lowest BCUT2D eigenvalue weighted by atomic mass is 10.1. The molecule has 1 aromatic heterocycles. The Hall–Kier alpha value is -2.68. The zero-order valence-corrected chi connectivity index (χ0v) is 16.4. The number of aromatic nitrogens is 2. The van der Waals surface area contributed by atoms with Crippen LogP contribution < -0.4 is 10.1 Å². The molecule has 1 aromatic carbocycles. The first-order chi connectivity index (χ1) is 13.3. The summed E-state index contributed by atoms with van der Waals surface area (Å²) in [5.74, 6) is 0.699. The van der Waals surface area contributed by atoms with Gasteiger partial charge >= 0.3 is 5.97 Å². The lowest BCUT2D eigenvalue weighted by Crippen LogP contribution is -2.09. The van der Waals surface area contributed by atoms with Gasteiger partial charge < -0.3 is 15.2 Å². The fraction of sp³-hybridized carbons (Fsp3) is 0.421. The zero-order chi connectivity index (χ0) is 20.1. The number of nitrogens with one attached hydrogen (secondary N) is 1. The van der Waals surface area contributed by atoms with Crippen molar-refractivity contribution >= 4 is 21.6 Å². The first-order valence-electron chi connectivity index (χ1n) is 9.09. The van der Waals surface area contributed by atoms with Crippen LogP contribution in [0.1, 0.15) is 35.3 Å². The van der Waals surface area contributed by atoms with Crippen LogP contribution in [-0.4, -0.2) is 49.1 Å². The third kappa shape index (κ3) is 5.66. The molecule has 1 fully saturated rings. The van der Waals surface area contributed by atoms with E-state index in [1.165, 1.54) is 25.2 Å². The van der Waals surface area contributed by atoms with Crippen LogP contribution >= 0.6 is 0 Å². The highest BCUT2D eigenvalue weighted by molar-refractivity contribution is 7.90. The van der Waals surface area contributed by atoms with Crippen LogP contribution in [0, 0.1) is 5.92 Å². The number of anilines is 1. The molecular formula is C19H23N3O5S. The molecular weight excluding hydrogens is 382 g/mol. The van der Waals surface area contributed by atoms with Gasteiger partial charge in [-0.2, -0.15) is 0 Å². The van der Waals surface area contributed by atoms with Gasteiger partial charge in [-0.05, 0) is 67.5 Å². The number of nitrogens with zero attached hydrogens (tertiary/aromatic N) is 2. The number of benzene rings is 1. The Labute approximate surface area is 163 Å². The van der Waals surface area contributed by atoms with Crippen LogP contribution in [0.5, 0.6) is 5.75 Å². The highest BCUT2D eigenvalue weighted by Gasteiger charge is 2.22. The van der Waals surface area contributed by atoms with Crippen molar-refractivity contribution in [2.24, 2.45) is 5.92 Å².